The van der Waals surface area contributed by atoms with Gasteiger partial charge in [0.2, 0.25) is 0 Å². The number of rotatable bonds is 5. The summed E-state index contributed by atoms with van der Waals surface area (Å²) >= 11 is 0. The van der Waals surface area contributed by atoms with Crippen LogP contribution >= 0.6 is 0 Å². The predicted molar refractivity (Wildman–Crippen MR) is 59.7 cm³/mol. The second kappa shape index (κ2) is 5.49. The molecule has 0 heterocycles. The molecule has 1 aromatic carbocycles. The molecule has 0 fully saturated rings. The van der Waals surface area contributed by atoms with Crippen molar-refractivity contribution in [1.82, 2.24) is 0 Å². The van der Waals surface area contributed by atoms with Crippen LogP contribution in [0.1, 0.15) is 18.4 Å². The van der Waals surface area contributed by atoms with Gasteiger partial charge in [-0.3, -0.25) is 0 Å². The Balaban J connectivity index is 2.81. The third-order valence-electron chi connectivity index (χ3n) is 2.30. The van der Waals surface area contributed by atoms with Crippen LogP contribution in [-0.4, -0.2) is 20.4 Å². The molecule has 0 saturated carbocycles. The number of carbonyl (C=O) groups excluding carboxylic acids is 1. The molecule has 1 aromatic rings. The molecule has 0 aliphatic rings. The van der Waals surface area contributed by atoms with Gasteiger partial charge in [0.05, 0.1) is 0 Å². The number of unbranched alkanes of at least 4 members (excludes halogenated alkanes) is 1. The lowest BCUT2D eigenvalue weighted by Crippen LogP contribution is -2.11. The van der Waals surface area contributed by atoms with E-state index in [4.69, 9.17) is 0 Å². The average Bonchev–Trinajstić information content (AvgIpc) is 2.20. The highest BCUT2D eigenvalue weighted by atomic mass is 19.1. The molecule has 0 unspecified atom stereocenters. The van der Waals surface area contributed by atoms with Gasteiger partial charge < -0.3 is 9.69 Å². The van der Waals surface area contributed by atoms with Gasteiger partial charge in [0, 0.05) is 26.2 Å². The standard InChI is InChI=1S/C12H16FNO/c1-14(2)12-9-11(13)7-6-10(12)5-3-4-8-15/h6-9H,3-5H2,1-2H3. The van der Waals surface area contributed by atoms with Crippen molar-refractivity contribution >= 4 is 12.0 Å². The lowest BCUT2D eigenvalue weighted by Gasteiger charge is -2.17. The van der Waals surface area contributed by atoms with E-state index < -0.39 is 0 Å². The summed E-state index contributed by atoms with van der Waals surface area (Å²) in [4.78, 5) is 12.1. The monoisotopic (exact) mass is 209 g/mol. The molecule has 3 heteroatoms. The molecule has 0 amide bonds. The Bertz CT molecular complexity index is 336. The number of halogens is 1. The van der Waals surface area contributed by atoms with Crippen molar-refractivity contribution < 1.29 is 9.18 Å². The minimum Gasteiger partial charge on any atom is -0.377 e. The number of benzene rings is 1. The normalized spacial score (nSPS) is 10.1. The first-order chi connectivity index (χ1) is 7.15. The van der Waals surface area contributed by atoms with Gasteiger partial charge in [-0.2, -0.15) is 0 Å². The molecule has 0 aliphatic carbocycles. The average molecular weight is 209 g/mol. The molecular formula is C12H16FNO. The zero-order chi connectivity index (χ0) is 11.3. The number of aryl methyl sites for hydroxylation is 1. The SMILES string of the molecule is CN(C)c1cc(F)ccc1CCCC=O. The first kappa shape index (κ1) is 11.7. The van der Waals surface area contributed by atoms with E-state index in [1.54, 1.807) is 6.07 Å². The largest absolute Gasteiger partial charge is 0.377 e. The van der Waals surface area contributed by atoms with Crippen LogP contribution in [0.4, 0.5) is 10.1 Å². The summed E-state index contributed by atoms with van der Waals surface area (Å²) in [6, 6.07) is 4.77. The van der Waals surface area contributed by atoms with Gasteiger partial charge in [0.15, 0.2) is 0 Å². The van der Waals surface area contributed by atoms with E-state index in [9.17, 15) is 9.18 Å². The van der Waals surface area contributed by atoms with Crippen LogP contribution < -0.4 is 4.90 Å². The van der Waals surface area contributed by atoms with Crippen molar-refractivity contribution in [1.29, 1.82) is 0 Å². The van der Waals surface area contributed by atoms with Crippen LogP contribution in [0.5, 0.6) is 0 Å². The van der Waals surface area contributed by atoms with Crippen LogP contribution in [0.3, 0.4) is 0 Å². The van der Waals surface area contributed by atoms with Crippen molar-refractivity contribution in [2.75, 3.05) is 19.0 Å². The summed E-state index contributed by atoms with van der Waals surface area (Å²) in [5.41, 5.74) is 1.98. The molecule has 0 atom stereocenters. The molecule has 0 aromatic heterocycles. The third-order valence-corrected chi connectivity index (χ3v) is 2.30. The molecule has 1 rings (SSSR count). The minimum atomic E-state index is -0.224. The Hall–Kier alpha value is -1.38. The number of hydrogen-bond donors (Lipinski definition) is 0. The smallest absolute Gasteiger partial charge is 0.125 e. The Morgan fingerprint density at radius 2 is 2.13 bits per heavy atom. The van der Waals surface area contributed by atoms with E-state index in [1.165, 1.54) is 12.1 Å². The molecular weight excluding hydrogens is 193 g/mol. The van der Waals surface area contributed by atoms with Crippen molar-refractivity contribution in [3.05, 3.63) is 29.6 Å². The number of anilines is 1. The Morgan fingerprint density at radius 1 is 1.40 bits per heavy atom. The van der Waals surface area contributed by atoms with Crippen LogP contribution in [0.15, 0.2) is 18.2 Å². The van der Waals surface area contributed by atoms with Crippen molar-refractivity contribution in [2.24, 2.45) is 0 Å². The number of carbonyl (C=O) groups is 1. The first-order valence-electron chi connectivity index (χ1n) is 5.04. The molecule has 15 heavy (non-hydrogen) atoms. The Kier molecular flexibility index (Phi) is 4.28. The molecule has 0 N–H and O–H groups in total. The van der Waals surface area contributed by atoms with E-state index in [0.717, 1.165) is 30.4 Å². The quantitative estimate of drug-likeness (QED) is 0.548. The molecule has 82 valence electrons. The fourth-order valence-electron chi connectivity index (χ4n) is 1.54. The molecule has 2 nitrogen and oxygen atoms in total. The van der Waals surface area contributed by atoms with Gasteiger partial charge in [0.1, 0.15) is 12.1 Å². The number of aldehydes is 1. The van der Waals surface area contributed by atoms with E-state index >= 15 is 0 Å². The topological polar surface area (TPSA) is 20.3 Å². The molecule has 0 spiro atoms. The van der Waals surface area contributed by atoms with Crippen molar-refractivity contribution in [2.45, 2.75) is 19.3 Å². The van der Waals surface area contributed by atoms with Gasteiger partial charge in [-0.05, 0) is 30.5 Å². The first-order valence-corrected chi connectivity index (χ1v) is 5.04. The predicted octanol–water partition coefficient (Wildman–Crippen LogP) is 2.41. The molecule has 0 aliphatic heterocycles. The lowest BCUT2D eigenvalue weighted by molar-refractivity contribution is -0.107. The summed E-state index contributed by atoms with van der Waals surface area (Å²) in [5.74, 6) is -0.224. The summed E-state index contributed by atoms with van der Waals surface area (Å²) < 4.78 is 13.0. The lowest BCUT2D eigenvalue weighted by atomic mass is 10.1. The molecule has 0 bridgehead atoms. The zero-order valence-electron chi connectivity index (χ0n) is 9.16. The van der Waals surface area contributed by atoms with E-state index in [-0.39, 0.29) is 5.82 Å². The van der Waals surface area contributed by atoms with Gasteiger partial charge in [-0.1, -0.05) is 6.07 Å². The van der Waals surface area contributed by atoms with Gasteiger partial charge in [-0.25, -0.2) is 4.39 Å². The Morgan fingerprint density at radius 3 is 2.73 bits per heavy atom. The maximum absolute atomic E-state index is 13.0. The van der Waals surface area contributed by atoms with E-state index in [2.05, 4.69) is 0 Å². The molecule has 0 saturated heterocycles. The number of hydrogen-bond acceptors (Lipinski definition) is 2. The van der Waals surface area contributed by atoms with E-state index in [1.807, 2.05) is 19.0 Å². The Labute approximate surface area is 89.7 Å². The van der Waals surface area contributed by atoms with Crippen LogP contribution in [0.25, 0.3) is 0 Å². The second-order valence-electron chi connectivity index (χ2n) is 3.73. The van der Waals surface area contributed by atoms with Crippen LogP contribution in [0.2, 0.25) is 0 Å². The summed E-state index contributed by atoms with van der Waals surface area (Å²) in [6.07, 6.45) is 3.10. The zero-order valence-corrected chi connectivity index (χ0v) is 9.16. The highest BCUT2D eigenvalue weighted by Gasteiger charge is 2.05. The second-order valence-corrected chi connectivity index (χ2v) is 3.73. The van der Waals surface area contributed by atoms with Crippen molar-refractivity contribution in [3.8, 4) is 0 Å². The summed E-state index contributed by atoms with van der Waals surface area (Å²) in [6.45, 7) is 0. The van der Waals surface area contributed by atoms with Gasteiger partial charge in [0.25, 0.3) is 0 Å². The fraction of sp³-hybridized carbons (Fsp3) is 0.417. The maximum Gasteiger partial charge on any atom is 0.125 e. The van der Waals surface area contributed by atoms with E-state index in [0.29, 0.717) is 6.42 Å². The number of nitrogens with zero attached hydrogens (tertiary/aromatic N) is 1. The van der Waals surface area contributed by atoms with Crippen LogP contribution in [0, 0.1) is 5.82 Å². The summed E-state index contributed by atoms with van der Waals surface area (Å²) in [7, 11) is 3.77. The fourth-order valence-corrected chi connectivity index (χ4v) is 1.54. The van der Waals surface area contributed by atoms with Gasteiger partial charge in [-0.15, -0.1) is 0 Å². The maximum atomic E-state index is 13.0. The summed E-state index contributed by atoms with van der Waals surface area (Å²) in [5, 5.41) is 0. The third kappa shape index (κ3) is 3.35. The highest BCUT2D eigenvalue weighted by Crippen LogP contribution is 2.21. The van der Waals surface area contributed by atoms with Crippen molar-refractivity contribution in [3.63, 3.8) is 0 Å². The minimum absolute atomic E-state index is 0.224. The highest BCUT2D eigenvalue weighted by molar-refractivity contribution is 5.53. The van der Waals surface area contributed by atoms with Crippen LogP contribution in [-0.2, 0) is 11.2 Å². The molecule has 0 radical (unpaired) electrons. The van der Waals surface area contributed by atoms with Gasteiger partial charge >= 0.3 is 0 Å².